The molecule has 3 aromatic rings. The van der Waals surface area contributed by atoms with Crippen LogP contribution in [0.4, 0.5) is 5.82 Å². The maximum absolute atomic E-state index is 12.2. The molecule has 1 aromatic carbocycles. The van der Waals surface area contributed by atoms with Crippen LogP contribution in [0.25, 0.3) is 10.9 Å². The number of carbonyl (C=O) groups is 1. The van der Waals surface area contributed by atoms with E-state index in [0.29, 0.717) is 5.82 Å². The van der Waals surface area contributed by atoms with Crippen LogP contribution in [-0.4, -0.2) is 15.9 Å². The normalized spacial score (nSPS) is 10.6. The first kappa shape index (κ1) is 13.8. The van der Waals surface area contributed by atoms with Crippen LogP contribution in [0.3, 0.4) is 0 Å². The Morgan fingerprint density at radius 1 is 0.952 bits per heavy atom. The first-order valence-electron chi connectivity index (χ1n) is 6.13. The number of amides is 1. The van der Waals surface area contributed by atoms with Gasteiger partial charge >= 0.3 is 0 Å². The van der Waals surface area contributed by atoms with Gasteiger partial charge in [0.2, 0.25) is 0 Å². The van der Waals surface area contributed by atoms with E-state index in [1.165, 1.54) is 12.1 Å². The number of hydrogen-bond donors (Lipinski definition) is 1. The van der Waals surface area contributed by atoms with Crippen LogP contribution in [0.5, 0.6) is 0 Å². The quantitative estimate of drug-likeness (QED) is 0.721. The molecule has 3 rings (SSSR count). The van der Waals surface area contributed by atoms with E-state index < -0.39 is 5.91 Å². The molecule has 0 saturated heterocycles. The first-order chi connectivity index (χ1) is 10.1. The van der Waals surface area contributed by atoms with Crippen molar-refractivity contribution in [3.8, 4) is 0 Å². The van der Waals surface area contributed by atoms with Gasteiger partial charge in [-0.3, -0.25) is 4.79 Å². The molecule has 4 nitrogen and oxygen atoms in total. The first-order valence-corrected chi connectivity index (χ1v) is 6.88. The number of nitrogens with one attached hydrogen (secondary N) is 1. The van der Waals surface area contributed by atoms with Crippen molar-refractivity contribution < 1.29 is 4.79 Å². The maximum Gasteiger partial charge on any atom is 0.277 e. The number of fused-ring (bicyclic) bond motifs is 1. The van der Waals surface area contributed by atoms with Crippen LogP contribution in [-0.2, 0) is 0 Å². The molecule has 0 spiro atoms. The van der Waals surface area contributed by atoms with Crippen molar-refractivity contribution >= 4 is 45.8 Å². The number of nitrogens with zero attached hydrogens (tertiary/aromatic N) is 2. The summed E-state index contributed by atoms with van der Waals surface area (Å²) in [6.45, 7) is 0. The molecule has 0 atom stereocenters. The maximum atomic E-state index is 12.2. The van der Waals surface area contributed by atoms with Gasteiger partial charge in [-0.2, -0.15) is 0 Å². The molecule has 1 amide bonds. The lowest BCUT2D eigenvalue weighted by molar-refractivity contribution is 0.102. The largest absolute Gasteiger partial charge is 0.305 e. The van der Waals surface area contributed by atoms with Crippen LogP contribution in [0.1, 0.15) is 10.5 Å². The molecule has 2 aromatic heterocycles. The Labute approximate surface area is 130 Å². The van der Waals surface area contributed by atoms with E-state index in [-0.39, 0.29) is 15.9 Å². The summed E-state index contributed by atoms with van der Waals surface area (Å²) >= 11 is 11.7. The van der Waals surface area contributed by atoms with Crippen molar-refractivity contribution in [2.75, 3.05) is 5.32 Å². The molecule has 0 fully saturated rings. The highest BCUT2D eigenvalue weighted by Gasteiger charge is 2.13. The van der Waals surface area contributed by atoms with Crippen molar-refractivity contribution in [1.82, 2.24) is 9.97 Å². The number of anilines is 1. The predicted octanol–water partition coefficient (Wildman–Crippen LogP) is 4.19. The second kappa shape index (κ2) is 5.68. The number of aromatic nitrogens is 2. The van der Waals surface area contributed by atoms with Crippen LogP contribution in [0.15, 0.2) is 48.5 Å². The van der Waals surface area contributed by atoms with E-state index in [1.807, 2.05) is 30.3 Å². The van der Waals surface area contributed by atoms with Gasteiger partial charge in [0.25, 0.3) is 5.91 Å². The van der Waals surface area contributed by atoms with E-state index in [9.17, 15) is 4.79 Å². The summed E-state index contributed by atoms with van der Waals surface area (Å²) in [5.74, 6) is -0.0261. The van der Waals surface area contributed by atoms with E-state index in [0.717, 1.165) is 10.9 Å². The number of carbonyl (C=O) groups excluding carboxylic acids is 1. The number of rotatable bonds is 2. The van der Waals surface area contributed by atoms with Crippen LogP contribution >= 0.6 is 23.2 Å². The summed E-state index contributed by atoms with van der Waals surface area (Å²) in [7, 11) is 0. The van der Waals surface area contributed by atoms with Crippen molar-refractivity contribution in [3.05, 3.63) is 64.4 Å². The molecule has 104 valence electrons. The predicted molar refractivity (Wildman–Crippen MR) is 84.0 cm³/mol. The summed E-state index contributed by atoms with van der Waals surface area (Å²) in [6.07, 6.45) is 0. The number of halogens is 2. The fraction of sp³-hybridized carbons (Fsp3) is 0. The zero-order chi connectivity index (χ0) is 14.8. The Morgan fingerprint density at radius 3 is 2.62 bits per heavy atom. The number of pyridine rings is 2. The number of benzene rings is 1. The summed E-state index contributed by atoms with van der Waals surface area (Å²) in [4.78, 5) is 20.4. The highest BCUT2D eigenvalue weighted by atomic mass is 35.5. The minimum Gasteiger partial charge on any atom is -0.305 e. The van der Waals surface area contributed by atoms with Gasteiger partial charge in [-0.05, 0) is 30.3 Å². The average Bonchev–Trinajstić information content (AvgIpc) is 2.49. The second-order valence-electron chi connectivity index (χ2n) is 4.31. The van der Waals surface area contributed by atoms with Crippen molar-refractivity contribution in [2.45, 2.75) is 0 Å². The van der Waals surface area contributed by atoms with Gasteiger partial charge < -0.3 is 5.32 Å². The highest BCUT2D eigenvalue weighted by Crippen LogP contribution is 2.19. The van der Waals surface area contributed by atoms with Crippen molar-refractivity contribution in [3.63, 3.8) is 0 Å². The van der Waals surface area contributed by atoms with Crippen LogP contribution in [0, 0.1) is 0 Å². The lowest BCUT2D eigenvalue weighted by Gasteiger charge is -2.06. The molecule has 6 heteroatoms. The Kier molecular flexibility index (Phi) is 3.73. The molecule has 1 N–H and O–H groups in total. The monoisotopic (exact) mass is 317 g/mol. The molecule has 0 radical (unpaired) electrons. The SMILES string of the molecule is O=C(Nc1ccc2ccccc2n1)c1nc(Cl)ccc1Cl. The molecule has 0 aliphatic carbocycles. The fourth-order valence-corrected chi connectivity index (χ4v) is 2.23. The van der Waals surface area contributed by atoms with Gasteiger partial charge in [0, 0.05) is 5.39 Å². The van der Waals surface area contributed by atoms with Gasteiger partial charge in [0.05, 0.1) is 10.5 Å². The summed E-state index contributed by atoms with van der Waals surface area (Å²) in [6, 6.07) is 14.3. The highest BCUT2D eigenvalue weighted by molar-refractivity contribution is 6.35. The molecule has 0 saturated carbocycles. The van der Waals surface area contributed by atoms with Crippen LogP contribution < -0.4 is 5.32 Å². The molecule has 0 bridgehead atoms. The lowest BCUT2D eigenvalue weighted by atomic mass is 10.2. The van der Waals surface area contributed by atoms with Crippen molar-refractivity contribution in [1.29, 1.82) is 0 Å². The molecule has 21 heavy (non-hydrogen) atoms. The molecule has 2 heterocycles. The lowest BCUT2D eigenvalue weighted by Crippen LogP contribution is -2.15. The van der Waals surface area contributed by atoms with Gasteiger partial charge in [-0.15, -0.1) is 0 Å². The molecular weight excluding hydrogens is 309 g/mol. The van der Waals surface area contributed by atoms with Crippen molar-refractivity contribution in [2.24, 2.45) is 0 Å². The number of hydrogen-bond acceptors (Lipinski definition) is 3. The topological polar surface area (TPSA) is 54.9 Å². The molecule has 0 aliphatic heterocycles. The Hall–Kier alpha value is -2.17. The smallest absolute Gasteiger partial charge is 0.277 e. The number of para-hydroxylation sites is 1. The van der Waals surface area contributed by atoms with E-state index in [2.05, 4.69) is 15.3 Å². The van der Waals surface area contributed by atoms with E-state index in [4.69, 9.17) is 23.2 Å². The van der Waals surface area contributed by atoms with Crippen LogP contribution in [0.2, 0.25) is 10.2 Å². The summed E-state index contributed by atoms with van der Waals surface area (Å²) in [5, 5.41) is 4.10. The zero-order valence-electron chi connectivity index (χ0n) is 10.7. The second-order valence-corrected chi connectivity index (χ2v) is 5.10. The Morgan fingerprint density at radius 2 is 1.76 bits per heavy atom. The minimum absolute atomic E-state index is 0.0686. The minimum atomic E-state index is -0.453. The summed E-state index contributed by atoms with van der Waals surface area (Å²) in [5.41, 5.74) is 0.861. The zero-order valence-corrected chi connectivity index (χ0v) is 12.2. The third-order valence-electron chi connectivity index (χ3n) is 2.87. The Balaban J connectivity index is 1.90. The van der Waals surface area contributed by atoms with Gasteiger partial charge in [-0.25, -0.2) is 9.97 Å². The fourth-order valence-electron chi connectivity index (χ4n) is 1.89. The van der Waals surface area contributed by atoms with E-state index in [1.54, 1.807) is 6.07 Å². The van der Waals surface area contributed by atoms with Gasteiger partial charge in [-0.1, -0.05) is 41.4 Å². The third-order valence-corrected chi connectivity index (χ3v) is 3.38. The van der Waals surface area contributed by atoms with E-state index >= 15 is 0 Å². The molecule has 0 aliphatic rings. The standard InChI is InChI=1S/C15H9Cl2N3O/c16-10-6-7-12(17)19-14(10)15(21)20-13-8-5-9-3-1-2-4-11(9)18-13/h1-8H,(H,18,20,21). The Bertz CT molecular complexity index is 836. The third kappa shape index (κ3) is 2.96. The molecular formula is C15H9Cl2N3O. The summed E-state index contributed by atoms with van der Waals surface area (Å²) < 4.78 is 0. The molecule has 0 unspecified atom stereocenters. The average molecular weight is 318 g/mol. The van der Waals surface area contributed by atoms with Gasteiger partial charge in [0.15, 0.2) is 0 Å². The van der Waals surface area contributed by atoms with Gasteiger partial charge in [0.1, 0.15) is 16.7 Å².